The van der Waals surface area contributed by atoms with Crippen molar-refractivity contribution in [2.75, 3.05) is 5.32 Å². The highest BCUT2D eigenvalue weighted by Gasteiger charge is 2.33. The molecule has 1 unspecified atom stereocenters. The first-order chi connectivity index (χ1) is 18.0. The summed E-state index contributed by atoms with van der Waals surface area (Å²) in [5.74, 6) is 0.734. The number of halogens is 3. The van der Waals surface area contributed by atoms with Crippen LogP contribution < -0.4 is 16.6 Å². The molecule has 5 rings (SSSR count). The quantitative estimate of drug-likeness (QED) is 0.260. The Morgan fingerprint density at radius 3 is 2.74 bits per heavy atom. The lowest BCUT2D eigenvalue weighted by atomic mass is 10.1. The third kappa shape index (κ3) is 4.95. The molecule has 5 heterocycles. The van der Waals surface area contributed by atoms with Gasteiger partial charge in [0.15, 0.2) is 11.2 Å². The van der Waals surface area contributed by atoms with E-state index in [-0.39, 0.29) is 46.3 Å². The average molecular weight is 549 g/mol. The molecule has 1 atom stereocenters. The van der Waals surface area contributed by atoms with Crippen LogP contribution in [-0.4, -0.2) is 45.6 Å². The van der Waals surface area contributed by atoms with Crippen LogP contribution in [0.5, 0.6) is 0 Å². The topological polar surface area (TPSA) is 157 Å². The molecule has 0 saturated heterocycles. The van der Waals surface area contributed by atoms with Gasteiger partial charge in [-0.05, 0) is 19.9 Å². The molecule has 0 aromatic carbocycles. The van der Waals surface area contributed by atoms with E-state index in [1.807, 2.05) is 0 Å². The number of rotatable bonds is 7. The SMILES string of the molecule is Cc1cc(Cn2c(=O)[nH]c3ncn(CC(O)Nc4csc(-c5cnc(C)c(C(F)(F)F)c5)n4)c3c2=O)no1. The van der Waals surface area contributed by atoms with Gasteiger partial charge in [-0.15, -0.1) is 11.3 Å². The summed E-state index contributed by atoms with van der Waals surface area (Å²) in [7, 11) is 0. The van der Waals surface area contributed by atoms with Crippen LogP contribution in [-0.2, 0) is 19.3 Å². The van der Waals surface area contributed by atoms with Gasteiger partial charge < -0.3 is 19.5 Å². The Balaban J connectivity index is 1.35. The average Bonchev–Trinajstić information content (AvgIpc) is 3.57. The van der Waals surface area contributed by atoms with E-state index in [1.165, 1.54) is 29.4 Å². The van der Waals surface area contributed by atoms with Crippen molar-refractivity contribution in [3.8, 4) is 10.6 Å². The number of nitrogens with one attached hydrogen (secondary N) is 2. The summed E-state index contributed by atoms with van der Waals surface area (Å²) < 4.78 is 47.0. The molecule has 0 radical (unpaired) electrons. The Hall–Kier alpha value is -4.31. The van der Waals surface area contributed by atoms with Crippen molar-refractivity contribution in [2.24, 2.45) is 0 Å². The van der Waals surface area contributed by atoms with E-state index in [0.717, 1.165) is 22.0 Å². The van der Waals surface area contributed by atoms with Gasteiger partial charge >= 0.3 is 11.9 Å². The van der Waals surface area contributed by atoms with Crippen molar-refractivity contribution in [3.63, 3.8) is 0 Å². The van der Waals surface area contributed by atoms with E-state index in [1.54, 1.807) is 13.0 Å². The molecule has 16 heteroatoms. The van der Waals surface area contributed by atoms with Crippen LogP contribution >= 0.6 is 11.3 Å². The van der Waals surface area contributed by atoms with Crippen LogP contribution in [0.4, 0.5) is 19.0 Å². The predicted octanol–water partition coefficient (Wildman–Crippen LogP) is 2.51. The molecule has 12 nitrogen and oxygen atoms in total. The minimum atomic E-state index is -4.55. The van der Waals surface area contributed by atoms with Gasteiger partial charge in [0, 0.05) is 28.9 Å². The number of aromatic nitrogens is 7. The van der Waals surface area contributed by atoms with Crippen molar-refractivity contribution in [2.45, 2.75) is 39.3 Å². The number of aromatic amines is 1. The van der Waals surface area contributed by atoms with Crippen molar-refractivity contribution >= 4 is 28.3 Å². The molecule has 0 aliphatic carbocycles. The highest BCUT2D eigenvalue weighted by molar-refractivity contribution is 7.13. The molecule has 0 spiro atoms. The molecular weight excluding hydrogens is 529 g/mol. The highest BCUT2D eigenvalue weighted by atomic mass is 32.1. The minimum Gasteiger partial charge on any atom is -0.372 e. The summed E-state index contributed by atoms with van der Waals surface area (Å²) in [6.07, 6.45) is -3.22. The first kappa shape index (κ1) is 25.3. The first-order valence-electron chi connectivity index (χ1n) is 11.0. The lowest BCUT2D eigenvalue weighted by Crippen LogP contribution is -2.36. The van der Waals surface area contributed by atoms with E-state index in [2.05, 4.69) is 30.4 Å². The zero-order chi connectivity index (χ0) is 27.2. The third-order valence-corrected chi connectivity index (χ3v) is 6.47. The van der Waals surface area contributed by atoms with E-state index in [4.69, 9.17) is 4.52 Å². The van der Waals surface area contributed by atoms with Crippen LogP contribution in [0.3, 0.4) is 0 Å². The number of aliphatic hydroxyl groups is 1. The second kappa shape index (κ2) is 9.53. The maximum atomic E-state index is 13.2. The fraction of sp³-hybridized carbons (Fsp3) is 0.273. The first-order valence-corrected chi connectivity index (χ1v) is 11.9. The van der Waals surface area contributed by atoms with Gasteiger partial charge in [0.05, 0.1) is 25.0 Å². The molecule has 0 amide bonds. The van der Waals surface area contributed by atoms with Gasteiger partial charge in [-0.2, -0.15) is 13.2 Å². The number of imidazole rings is 1. The number of aryl methyl sites for hydroxylation is 2. The normalized spacial score (nSPS) is 12.8. The maximum absolute atomic E-state index is 13.2. The molecule has 5 aromatic heterocycles. The Morgan fingerprint density at radius 1 is 1.24 bits per heavy atom. The minimum absolute atomic E-state index is 0.0445. The molecule has 0 bridgehead atoms. The third-order valence-electron chi connectivity index (χ3n) is 5.58. The van der Waals surface area contributed by atoms with Gasteiger partial charge in [0.25, 0.3) is 5.56 Å². The van der Waals surface area contributed by atoms with E-state index in [0.29, 0.717) is 11.5 Å². The maximum Gasteiger partial charge on any atom is 0.418 e. The van der Waals surface area contributed by atoms with Crippen molar-refractivity contribution < 1.29 is 22.8 Å². The summed E-state index contributed by atoms with van der Waals surface area (Å²) in [6.45, 7) is 2.67. The molecule has 38 heavy (non-hydrogen) atoms. The van der Waals surface area contributed by atoms with Crippen LogP contribution in [0, 0.1) is 13.8 Å². The lowest BCUT2D eigenvalue weighted by molar-refractivity contribution is -0.138. The largest absolute Gasteiger partial charge is 0.418 e. The summed E-state index contributed by atoms with van der Waals surface area (Å²) in [6, 6.07) is 2.57. The molecule has 5 aromatic rings. The molecular formula is C22H19F3N8O4S. The number of H-pyrrole nitrogens is 1. The monoisotopic (exact) mass is 548 g/mol. The number of anilines is 1. The zero-order valence-corrected chi connectivity index (χ0v) is 20.6. The number of thiazole rings is 1. The number of hydrogen-bond acceptors (Lipinski definition) is 10. The van der Waals surface area contributed by atoms with Crippen LogP contribution in [0.2, 0.25) is 0 Å². The van der Waals surface area contributed by atoms with Crippen molar-refractivity contribution in [1.82, 2.24) is 34.2 Å². The zero-order valence-electron chi connectivity index (χ0n) is 19.8. The van der Waals surface area contributed by atoms with Gasteiger partial charge in [0.2, 0.25) is 0 Å². The Kier molecular flexibility index (Phi) is 6.36. The molecule has 0 fully saturated rings. The second-order valence-electron chi connectivity index (χ2n) is 8.40. The lowest BCUT2D eigenvalue weighted by Gasteiger charge is -2.13. The molecule has 0 aliphatic heterocycles. The van der Waals surface area contributed by atoms with Gasteiger partial charge in [-0.25, -0.2) is 14.8 Å². The van der Waals surface area contributed by atoms with Gasteiger partial charge in [-0.3, -0.25) is 19.3 Å². The van der Waals surface area contributed by atoms with Crippen LogP contribution in [0.1, 0.15) is 22.7 Å². The Bertz CT molecular complexity index is 1750. The smallest absolute Gasteiger partial charge is 0.372 e. The van der Waals surface area contributed by atoms with Gasteiger partial charge in [-0.1, -0.05) is 5.16 Å². The van der Waals surface area contributed by atoms with Crippen LogP contribution in [0.25, 0.3) is 21.7 Å². The van der Waals surface area contributed by atoms with Crippen molar-refractivity contribution in [3.05, 3.63) is 73.6 Å². The highest BCUT2D eigenvalue weighted by Crippen LogP contribution is 2.34. The summed E-state index contributed by atoms with van der Waals surface area (Å²) in [4.78, 5) is 40.1. The Labute approximate surface area is 214 Å². The number of hydrogen-bond donors (Lipinski definition) is 3. The molecule has 3 N–H and O–H groups in total. The molecule has 198 valence electrons. The summed E-state index contributed by atoms with van der Waals surface area (Å²) >= 11 is 1.07. The van der Waals surface area contributed by atoms with Crippen molar-refractivity contribution in [1.29, 1.82) is 0 Å². The number of pyridine rings is 1. The predicted molar refractivity (Wildman–Crippen MR) is 130 cm³/mol. The van der Waals surface area contributed by atoms with Crippen LogP contribution in [0.15, 0.2) is 44.1 Å². The number of nitrogens with zero attached hydrogens (tertiary/aromatic N) is 6. The van der Waals surface area contributed by atoms with E-state index in [9.17, 15) is 27.9 Å². The molecule has 0 saturated carbocycles. The fourth-order valence-corrected chi connectivity index (χ4v) is 4.58. The number of fused-ring (bicyclic) bond motifs is 1. The second-order valence-corrected chi connectivity index (χ2v) is 9.26. The molecule has 0 aliphatic rings. The summed E-state index contributed by atoms with van der Waals surface area (Å²) in [5.41, 5.74) is -1.66. The number of aliphatic hydroxyl groups excluding tert-OH is 1. The Morgan fingerprint density at radius 2 is 2.03 bits per heavy atom. The fourth-order valence-electron chi connectivity index (χ4n) is 3.84. The van der Waals surface area contributed by atoms with Gasteiger partial charge in [0.1, 0.15) is 28.5 Å². The van der Waals surface area contributed by atoms with E-state index >= 15 is 0 Å². The standard InChI is InChI=1S/C22H19F3N8O4S/c1-10-3-13(31-37-10)6-33-20(35)17-18(30-21(33)36)27-9-32(17)7-16(34)28-15-8-38-19(29-15)12-4-14(22(23,24)25)11(2)26-5-12/h3-5,8-9,16,28,34H,6-7H2,1-2H3,(H,30,36). The summed E-state index contributed by atoms with van der Waals surface area (Å²) in [5, 5.41) is 18.9. The van der Waals surface area contributed by atoms with E-state index < -0.39 is 29.2 Å². The number of alkyl halides is 3.